The minimum Gasteiger partial charge on any atom is -0.445 e. The summed E-state index contributed by atoms with van der Waals surface area (Å²) in [6.45, 7) is 6.87. The third-order valence-electron chi connectivity index (χ3n) is 8.21. The zero-order chi connectivity index (χ0) is 35.9. The summed E-state index contributed by atoms with van der Waals surface area (Å²) in [5.74, 6) is -4.38. The molecule has 3 aromatic rings. The fraction of sp³-hybridized carbons (Fsp3) is 0.405. The lowest BCUT2D eigenvalue weighted by Crippen LogP contribution is -2.56. The predicted molar refractivity (Wildman–Crippen MR) is 186 cm³/mol. The largest absolute Gasteiger partial charge is 0.445 e. The lowest BCUT2D eigenvalue weighted by Gasteiger charge is -2.26. The maximum atomic E-state index is 13.4. The van der Waals surface area contributed by atoms with Gasteiger partial charge in [-0.15, -0.1) is 0 Å². The van der Waals surface area contributed by atoms with Crippen molar-refractivity contribution >= 4 is 46.3 Å². The summed E-state index contributed by atoms with van der Waals surface area (Å²) in [5, 5.41) is 12.0. The van der Waals surface area contributed by atoms with E-state index in [4.69, 9.17) is 10.5 Å². The fourth-order valence-corrected chi connectivity index (χ4v) is 5.09. The second-order valence-electron chi connectivity index (χ2n) is 12.6. The van der Waals surface area contributed by atoms with E-state index in [1.54, 1.807) is 26.0 Å². The zero-order valence-corrected chi connectivity index (χ0v) is 28.5. The monoisotopic (exact) mass is 673 g/mol. The third-order valence-corrected chi connectivity index (χ3v) is 8.21. The molecule has 0 spiro atoms. The smallest absolute Gasteiger partial charge is 0.408 e. The lowest BCUT2D eigenvalue weighted by atomic mass is 9.94. The molecule has 49 heavy (non-hydrogen) atoms. The number of ketones is 1. The molecular formula is C37H47N5O7. The highest BCUT2D eigenvalue weighted by Gasteiger charge is 2.33. The van der Waals surface area contributed by atoms with Gasteiger partial charge in [0, 0.05) is 6.42 Å². The van der Waals surface area contributed by atoms with Gasteiger partial charge in [0.2, 0.25) is 23.5 Å². The van der Waals surface area contributed by atoms with Gasteiger partial charge in [0.1, 0.15) is 18.7 Å². The summed E-state index contributed by atoms with van der Waals surface area (Å²) >= 11 is 0. The number of primary amides is 1. The van der Waals surface area contributed by atoms with E-state index in [0.29, 0.717) is 12.8 Å². The first-order valence-electron chi connectivity index (χ1n) is 16.5. The van der Waals surface area contributed by atoms with Crippen LogP contribution in [-0.2, 0) is 41.7 Å². The highest BCUT2D eigenvalue weighted by atomic mass is 16.5. The number of rotatable bonds is 18. The lowest BCUT2D eigenvalue weighted by molar-refractivity contribution is -0.141. The van der Waals surface area contributed by atoms with Crippen molar-refractivity contribution in [3.8, 4) is 0 Å². The van der Waals surface area contributed by atoms with Crippen LogP contribution in [0.15, 0.2) is 72.8 Å². The van der Waals surface area contributed by atoms with Gasteiger partial charge >= 0.3 is 6.09 Å². The van der Waals surface area contributed by atoms with E-state index in [1.165, 1.54) is 0 Å². The van der Waals surface area contributed by atoms with Crippen molar-refractivity contribution < 1.29 is 33.5 Å². The van der Waals surface area contributed by atoms with E-state index in [1.807, 2.05) is 74.5 Å². The van der Waals surface area contributed by atoms with Gasteiger partial charge in [0.25, 0.3) is 5.91 Å². The van der Waals surface area contributed by atoms with Gasteiger partial charge in [0.05, 0.1) is 12.6 Å². The summed E-state index contributed by atoms with van der Waals surface area (Å²) in [6.07, 6.45) is 0.660. The van der Waals surface area contributed by atoms with Crippen molar-refractivity contribution in [2.45, 2.75) is 78.1 Å². The molecule has 12 nitrogen and oxygen atoms in total. The Bertz CT molecular complexity index is 1610. The van der Waals surface area contributed by atoms with E-state index >= 15 is 0 Å². The zero-order valence-electron chi connectivity index (χ0n) is 28.5. The normalized spacial score (nSPS) is 13.4. The molecule has 0 saturated heterocycles. The van der Waals surface area contributed by atoms with Crippen molar-refractivity contribution in [1.82, 2.24) is 21.3 Å². The van der Waals surface area contributed by atoms with Crippen LogP contribution in [-0.4, -0.2) is 60.2 Å². The molecule has 6 N–H and O–H groups in total. The van der Waals surface area contributed by atoms with Crippen LogP contribution in [0.25, 0.3) is 10.8 Å². The van der Waals surface area contributed by atoms with E-state index in [2.05, 4.69) is 21.3 Å². The number of benzene rings is 3. The molecule has 1 unspecified atom stereocenters. The van der Waals surface area contributed by atoms with Gasteiger partial charge in [-0.2, -0.15) is 0 Å². The topological polar surface area (TPSA) is 186 Å². The summed E-state index contributed by atoms with van der Waals surface area (Å²) in [4.78, 5) is 77.1. The number of hydrogen-bond donors (Lipinski definition) is 5. The summed E-state index contributed by atoms with van der Waals surface area (Å²) < 4.78 is 5.29. The maximum absolute atomic E-state index is 13.4. The Morgan fingerprint density at radius 2 is 1.43 bits per heavy atom. The maximum Gasteiger partial charge on any atom is 0.408 e. The van der Waals surface area contributed by atoms with E-state index < -0.39 is 66.1 Å². The van der Waals surface area contributed by atoms with Crippen molar-refractivity contribution in [3.63, 3.8) is 0 Å². The standard InChI is InChI=1S/C37H47N5O7/c1-5-24(4)32(42-35(46)29(18-15-23(2)3)41-37(48)49-22-25-11-7-6-8-12-25)33(44)36(47)39-21-31(43)40-30(34(38)45)20-26-16-17-27-13-9-10-14-28(27)19-26/h6-14,16-17,19,23-24,29-30,32H,5,15,18,20-22H2,1-4H3,(H2,38,45)(H,39,47)(H,40,43)(H,41,48)(H,42,46)/t24-,29-,30-,32?/m0/s1. The number of amides is 5. The molecule has 262 valence electrons. The van der Waals surface area contributed by atoms with Gasteiger partial charge in [-0.3, -0.25) is 24.0 Å². The van der Waals surface area contributed by atoms with Crippen molar-refractivity contribution in [3.05, 3.63) is 83.9 Å². The molecule has 3 aromatic carbocycles. The Balaban J connectivity index is 1.60. The quantitative estimate of drug-likeness (QED) is 0.128. The molecule has 0 aliphatic rings. The highest BCUT2D eigenvalue weighted by Crippen LogP contribution is 2.17. The fourth-order valence-electron chi connectivity index (χ4n) is 5.09. The van der Waals surface area contributed by atoms with Crippen molar-refractivity contribution in [1.29, 1.82) is 0 Å². The van der Waals surface area contributed by atoms with Gasteiger partial charge in [-0.25, -0.2) is 4.79 Å². The predicted octanol–water partition coefficient (Wildman–Crippen LogP) is 3.30. The number of nitrogens with two attached hydrogens (primary N) is 1. The van der Waals surface area contributed by atoms with Crippen molar-refractivity contribution in [2.75, 3.05) is 6.54 Å². The summed E-state index contributed by atoms with van der Waals surface area (Å²) in [5.41, 5.74) is 7.10. The molecule has 12 heteroatoms. The van der Waals surface area contributed by atoms with Crippen LogP contribution < -0.4 is 27.0 Å². The molecule has 0 heterocycles. The molecule has 4 atom stereocenters. The van der Waals surface area contributed by atoms with Crippen LogP contribution in [0.2, 0.25) is 0 Å². The molecule has 5 amide bonds. The van der Waals surface area contributed by atoms with Gasteiger partial charge < -0.3 is 31.7 Å². The Labute approximate surface area is 286 Å². The Kier molecular flexibility index (Phi) is 14.7. The van der Waals surface area contributed by atoms with Crippen LogP contribution in [0.5, 0.6) is 0 Å². The number of fused-ring (bicyclic) bond motifs is 1. The van der Waals surface area contributed by atoms with Crippen LogP contribution in [0.3, 0.4) is 0 Å². The molecule has 0 aliphatic heterocycles. The molecule has 0 aliphatic carbocycles. The van der Waals surface area contributed by atoms with Crippen LogP contribution >= 0.6 is 0 Å². The number of nitrogens with one attached hydrogen (secondary N) is 4. The number of Topliss-reactive ketones (excluding diaryl/α,β-unsaturated/α-hetero) is 1. The number of carbonyl (C=O) groups excluding carboxylic acids is 6. The Morgan fingerprint density at radius 1 is 0.755 bits per heavy atom. The Hall–Kier alpha value is -5.26. The van der Waals surface area contributed by atoms with E-state index in [0.717, 1.165) is 21.9 Å². The Morgan fingerprint density at radius 3 is 2.08 bits per heavy atom. The molecular weight excluding hydrogens is 626 g/mol. The number of alkyl carbamates (subject to hydrolysis) is 1. The number of ether oxygens (including phenoxy) is 1. The third kappa shape index (κ3) is 12.4. The number of carbonyl (C=O) groups is 6. The summed E-state index contributed by atoms with van der Waals surface area (Å²) in [6, 6.07) is 19.1. The minimum atomic E-state index is -1.23. The van der Waals surface area contributed by atoms with E-state index in [9.17, 15) is 28.8 Å². The minimum absolute atomic E-state index is 0.0105. The molecule has 0 aromatic heterocycles. The first-order valence-corrected chi connectivity index (χ1v) is 16.5. The van der Waals surface area contributed by atoms with Gasteiger partial charge in [-0.05, 0) is 46.6 Å². The van der Waals surface area contributed by atoms with Crippen LogP contribution in [0.1, 0.15) is 58.1 Å². The van der Waals surface area contributed by atoms with Crippen LogP contribution in [0.4, 0.5) is 4.79 Å². The molecule has 0 saturated carbocycles. The molecule has 0 fully saturated rings. The molecule has 0 bridgehead atoms. The first-order chi connectivity index (χ1) is 23.4. The highest BCUT2D eigenvalue weighted by molar-refractivity contribution is 6.38. The SMILES string of the molecule is CC[C@H](C)C(NC(=O)[C@H](CCC(C)C)NC(=O)OCc1ccccc1)C(=O)C(=O)NCC(=O)N[C@@H](Cc1ccc2ccccc2c1)C(N)=O. The second-order valence-corrected chi connectivity index (χ2v) is 12.6. The van der Waals surface area contributed by atoms with Crippen molar-refractivity contribution in [2.24, 2.45) is 17.6 Å². The second kappa shape index (κ2) is 18.9. The van der Waals surface area contributed by atoms with E-state index in [-0.39, 0.29) is 25.4 Å². The average Bonchev–Trinajstić information content (AvgIpc) is 3.09. The van der Waals surface area contributed by atoms with Crippen LogP contribution in [0, 0.1) is 11.8 Å². The average molecular weight is 674 g/mol. The first kappa shape index (κ1) is 38.2. The summed E-state index contributed by atoms with van der Waals surface area (Å²) in [7, 11) is 0. The van der Waals surface area contributed by atoms with Gasteiger partial charge in [0.15, 0.2) is 0 Å². The molecule has 0 radical (unpaired) electrons. The van der Waals surface area contributed by atoms with Gasteiger partial charge in [-0.1, -0.05) is 107 Å². The number of hydrogen-bond acceptors (Lipinski definition) is 7. The molecule has 3 rings (SSSR count).